The van der Waals surface area contributed by atoms with Crippen LogP contribution in [-0.4, -0.2) is 12.6 Å². The molecule has 1 aromatic carbocycles. The Hall–Kier alpha value is -1.38. The summed E-state index contributed by atoms with van der Waals surface area (Å²) in [6.07, 6.45) is 6.37. The van der Waals surface area contributed by atoms with E-state index in [1.807, 2.05) is 18.2 Å². The van der Waals surface area contributed by atoms with Crippen molar-refractivity contribution < 1.29 is 4.74 Å². The number of rotatable bonds is 3. The molecular weight excluding hydrogens is 212 g/mol. The van der Waals surface area contributed by atoms with E-state index in [2.05, 4.69) is 12.2 Å². The Morgan fingerprint density at radius 1 is 1.24 bits per heavy atom. The van der Waals surface area contributed by atoms with Gasteiger partial charge in [0.1, 0.15) is 5.75 Å². The minimum absolute atomic E-state index is 0.179. The molecule has 1 fully saturated rings. The van der Waals surface area contributed by atoms with Gasteiger partial charge in [0, 0.05) is 5.54 Å². The van der Waals surface area contributed by atoms with Crippen LogP contribution in [0.4, 0.5) is 11.4 Å². The summed E-state index contributed by atoms with van der Waals surface area (Å²) < 4.78 is 5.24. The van der Waals surface area contributed by atoms with Gasteiger partial charge in [-0.1, -0.05) is 25.3 Å². The van der Waals surface area contributed by atoms with Crippen molar-refractivity contribution in [3.63, 3.8) is 0 Å². The fraction of sp³-hybridized carbons (Fsp3) is 0.571. The number of ether oxygens (including phenoxy) is 1. The van der Waals surface area contributed by atoms with E-state index in [9.17, 15) is 0 Å². The number of nitrogen functional groups attached to an aromatic ring is 1. The van der Waals surface area contributed by atoms with Gasteiger partial charge in [0.15, 0.2) is 0 Å². The van der Waals surface area contributed by atoms with Gasteiger partial charge < -0.3 is 15.8 Å². The van der Waals surface area contributed by atoms with Gasteiger partial charge in [-0.2, -0.15) is 0 Å². The van der Waals surface area contributed by atoms with Crippen LogP contribution in [0, 0.1) is 0 Å². The molecule has 3 heteroatoms. The topological polar surface area (TPSA) is 47.3 Å². The van der Waals surface area contributed by atoms with Crippen molar-refractivity contribution in [1.82, 2.24) is 0 Å². The Labute approximate surface area is 103 Å². The zero-order valence-electron chi connectivity index (χ0n) is 10.8. The molecule has 0 heterocycles. The maximum Gasteiger partial charge on any atom is 0.143 e. The van der Waals surface area contributed by atoms with Crippen LogP contribution in [0.15, 0.2) is 18.2 Å². The third-order valence-corrected chi connectivity index (χ3v) is 3.68. The summed E-state index contributed by atoms with van der Waals surface area (Å²) in [6.45, 7) is 2.28. The third-order valence-electron chi connectivity index (χ3n) is 3.68. The van der Waals surface area contributed by atoms with E-state index in [-0.39, 0.29) is 5.54 Å². The molecule has 3 nitrogen and oxygen atoms in total. The van der Waals surface area contributed by atoms with Gasteiger partial charge in [0.2, 0.25) is 0 Å². The summed E-state index contributed by atoms with van der Waals surface area (Å²) in [4.78, 5) is 0. The van der Waals surface area contributed by atoms with Gasteiger partial charge in [0.05, 0.1) is 18.5 Å². The molecular formula is C14H22N2O. The number of nitrogens with two attached hydrogens (primary N) is 1. The molecule has 0 saturated heterocycles. The van der Waals surface area contributed by atoms with Crippen molar-refractivity contribution in [2.75, 3.05) is 18.2 Å². The van der Waals surface area contributed by atoms with Gasteiger partial charge in [0.25, 0.3) is 0 Å². The normalized spacial score (nSPS) is 18.7. The third kappa shape index (κ3) is 2.65. The Bertz CT molecular complexity index is 384. The monoisotopic (exact) mass is 234 g/mol. The lowest BCUT2D eigenvalue weighted by molar-refractivity contribution is 0.349. The van der Waals surface area contributed by atoms with Crippen LogP contribution < -0.4 is 15.8 Å². The molecule has 1 aliphatic carbocycles. The zero-order chi connectivity index (χ0) is 12.3. The summed E-state index contributed by atoms with van der Waals surface area (Å²) >= 11 is 0. The lowest BCUT2D eigenvalue weighted by atomic mass is 9.83. The van der Waals surface area contributed by atoms with Crippen LogP contribution in [0.5, 0.6) is 5.75 Å². The van der Waals surface area contributed by atoms with Crippen LogP contribution in [0.2, 0.25) is 0 Å². The van der Waals surface area contributed by atoms with E-state index in [1.165, 1.54) is 32.1 Å². The highest BCUT2D eigenvalue weighted by Gasteiger charge is 2.27. The first-order chi connectivity index (χ1) is 8.14. The molecule has 0 spiro atoms. The van der Waals surface area contributed by atoms with Gasteiger partial charge >= 0.3 is 0 Å². The standard InChI is InChI=1S/C14H22N2O/c1-14(9-4-3-5-10-14)16-11-7-6-8-12(17-2)13(11)15/h6-8,16H,3-5,9-10,15H2,1-2H3. The minimum Gasteiger partial charge on any atom is -0.495 e. The molecule has 0 aliphatic heterocycles. The second-order valence-electron chi connectivity index (χ2n) is 5.17. The number of hydrogen-bond acceptors (Lipinski definition) is 3. The minimum atomic E-state index is 0.179. The number of hydrogen-bond donors (Lipinski definition) is 2. The first-order valence-electron chi connectivity index (χ1n) is 6.35. The molecule has 94 valence electrons. The molecule has 0 radical (unpaired) electrons. The van der Waals surface area contributed by atoms with E-state index in [0.717, 1.165) is 11.4 Å². The highest BCUT2D eigenvalue weighted by atomic mass is 16.5. The average molecular weight is 234 g/mol. The molecule has 0 aromatic heterocycles. The first kappa shape index (κ1) is 12.1. The second-order valence-corrected chi connectivity index (χ2v) is 5.17. The zero-order valence-corrected chi connectivity index (χ0v) is 10.8. The lowest BCUT2D eigenvalue weighted by Gasteiger charge is -2.36. The summed E-state index contributed by atoms with van der Waals surface area (Å²) in [7, 11) is 1.65. The average Bonchev–Trinajstić information content (AvgIpc) is 2.32. The van der Waals surface area contributed by atoms with Crippen LogP contribution in [0.25, 0.3) is 0 Å². The van der Waals surface area contributed by atoms with E-state index in [1.54, 1.807) is 7.11 Å². The van der Waals surface area contributed by atoms with E-state index in [0.29, 0.717) is 5.69 Å². The van der Waals surface area contributed by atoms with E-state index < -0.39 is 0 Å². The summed E-state index contributed by atoms with van der Waals surface area (Å²) in [5.74, 6) is 0.745. The number of methoxy groups -OCH3 is 1. The Morgan fingerprint density at radius 3 is 2.59 bits per heavy atom. The van der Waals surface area contributed by atoms with Gasteiger partial charge in [-0.15, -0.1) is 0 Å². The SMILES string of the molecule is COc1cccc(NC2(C)CCCCC2)c1N. The molecule has 1 saturated carbocycles. The molecule has 2 rings (SSSR count). The molecule has 0 unspecified atom stereocenters. The van der Waals surface area contributed by atoms with Crippen molar-refractivity contribution in [3.05, 3.63) is 18.2 Å². The van der Waals surface area contributed by atoms with E-state index >= 15 is 0 Å². The van der Waals surface area contributed by atoms with Crippen molar-refractivity contribution in [2.24, 2.45) is 0 Å². The molecule has 1 aliphatic rings. The van der Waals surface area contributed by atoms with Crippen LogP contribution in [0.3, 0.4) is 0 Å². The number of nitrogens with one attached hydrogen (secondary N) is 1. The maximum absolute atomic E-state index is 6.08. The van der Waals surface area contributed by atoms with Crippen LogP contribution in [0.1, 0.15) is 39.0 Å². The second kappa shape index (κ2) is 4.86. The van der Waals surface area contributed by atoms with Crippen LogP contribution >= 0.6 is 0 Å². The quantitative estimate of drug-likeness (QED) is 0.788. The predicted molar refractivity (Wildman–Crippen MR) is 72.5 cm³/mol. The van der Waals surface area contributed by atoms with Crippen molar-refractivity contribution in [1.29, 1.82) is 0 Å². The fourth-order valence-corrected chi connectivity index (χ4v) is 2.61. The molecule has 0 amide bonds. The predicted octanol–water partition coefficient (Wildman–Crippen LogP) is 3.41. The largest absolute Gasteiger partial charge is 0.495 e. The highest BCUT2D eigenvalue weighted by molar-refractivity contribution is 5.73. The van der Waals surface area contributed by atoms with Gasteiger partial charge in [-0.05, 0) is 31.9 Å². The smallest absolute Gasteiger partial charge is 0.143 e. The number of anilines is 2. The fourth-order valence-electron chi connectivity index (χ4n) is 2.61. The number of benzene rings is 1. The number of para-hydroxylation sites is 1. The van der Waals surface area contributed by atoms with Crippen molar-refractivity contribution in [3.8, 4) is 5.75 Å². The molecule has 3 N–H and O–H groups in total. The molecule has 0 atom stereocenters. The highest BCUT2D eigenvalue weighted by Crippen LogP contribution is 2.35. The molecule has 17 heavy (non-hydrogen) atoms. The van der Waals surface area contributed by atoms with Crippen LogP contribution in [-0.2, 0) is 0 Å². The Balaban J connectivity index is 2.17. The Morgan fingerprint density at radius 2 is 1.94 bits per heavy atom. The van der Waals surface area contributed by atoms with Gasteiger partial charge in [-0.25, -0.2) is 0 Å². The Kier molecular flexibility index (Phi) is 3.46. The lowest BCUT2D eigenvalue weighted by Crippen LogP contribution is -2.37. The van der Waals surface area contributed by atoms with Gasteiger partial charge in [-0.3, -0.25) is 0 Å². The van der Waals surface area contributed by atoms with Crippen molar-refractivity contribution in [2.45, 2.75) is 44.6 Å². The van der Waals surface area contributed by atoms with Crippen molar-refractivity contribution >= 4 is 11.4 Å². The van der Waals surface area contributed by atoms with E-state index in [4.69, 9.17) is 10.5 Å². The summed E-state index contributed by atoms with van der Waals surface area (Å²) in [6, 6.07) is 5.89. The first-order valence-corrected chi connectivity index (χ1v) is 6.35. The maximum atomic E-state index is 6.08. The summed E-state index contributed by atoms with van der Waals surface area (Å²) in [5, 5.41) is 3.60. The molecule has 0 bridgehead atoms. The molecule has 1 aromatic rings. The summed E-state index contributed by atoms with van der Waals surface area (Å²) in [5.41, 5.74) is 7.97.